The van der Waals surface area contributed by atoms with Crippen LogP contribution in [0.25, 0.3) is 0 Å². The molecule has 2 saturated heterocycles. The Labute approximate surface area is 201 Å². The highest BCUT2D eigenvalue weighted by molar-refractivity contribution is 9.11. The van der Waals surface area contributed by atoms with Crippen molar-refractivity contribution in [2.75, 3.05) is 22.9 Å². The molecule has 2 fully saturated rings. The number of aryl methyl sites for hydroxylation is 1. The number of hydrogen-bond acceptors (Lipinski definition) is 4. The summed E-state index contributed by atoms with van der Waals surface area (Å²) in [7, 11) is 0. The summed E-state index contributed by atoms with van der Waals surface area (Å²) < 4.78 is 0.892. The van der Waals surface area contributed by atoms with Gasteiger partial charge in [0.2, 0.25) is 11.8 Å². The minimum Gasteiger partial charge on any atom is -0.344 e. The van der Waals surface area contributed by atoms with Gasteiger partial charge in [-0.25, -0.2) is 0 Å². The van der Waals surface area contributed by atoms with Crippen molar-refractivity contribution >= 4 is 56.4 Å². The number of rotatable bonds is 4. The second-order valence-electron chi connectivity index (χ2n) is 8.95. The highest BCUT2D eigenvalue weighted by atomic mass is 79.9. The molecule has 0 bridgehead atoms. The van der Waals surface area contributed by atoms with Crippen LogP contribution >= 0.6 is 27.3 Å². The number of carbonyl (C=O) groups excluding carboxylic acids is 3. The summed E-state index contributed by atoms with van der Waals surface area (Å²) in [6.07, 6.45) is 3.61. The Bertz CT molecular complexity index is 1070. The summed E-state index contributed by atoms with van der Waals surface area (Å²) in [5.74, 6) is -0.379. The van der Waals surface area contributed by atoms with Crippen LogP contribution in [0.4, 0.5) is 11.4 Å². The molecular formula is C24H28BrN3O3S. The van der Waals surface area contributed by atoms with Crippen LogP contribution in [0.2, 0.25) is 0 Å². The van der Waals surface area contributed by atoms with E-state index in [-0.39, 0.29) is 23.6 Å². The number of amides is 3. The molecule has 0 aliphatic carbocycles. The number of hydrogen-bond donors (Lipinski definition) is 1. The largest absolute Gasteiger partial charge is 0.344 e. The molecule has 8 heteroatoms. The van der Waals surface area contributed by atoms with E-state index in [1.807, 2.05) is 49.9 Å². The zero-order chi connectivity index (χ0) is 23.0. The Morgan fingerprint density at radius 2 is 1.94 bits per heavy atom. The van der Waals surface area contributed by atoms with Crippen LogP contribution in [0.5, 0.6) is 0 Å². The highest BCUT2D eigenvalue weighted by Gasteiger charge is 2.48. The van der Waals surface area contributed by atoms with Crippen LogP contribution in [0.15, 0.2) is 34.1 Å². The van der Waals surface area contributed by atoms with Crippen molar-refractivity contribution < 1.29 is 14.4 Å². The molecule has 0 saturated carbocycles. The molecule has 6 nitrogen and oxygen atoms in total. The molecule has 0 radical (unpaired) electrons. The van der Waals surface area contributed by atoms with Gasteiger partial charge in [-0.2, -0.15) is 0 Å². The molecule has 2 atom stereocenters. The van der Waals surface area contributed by atoms with Gasteiger partial charge in [0.15, 0.2) is 0 Å². The van der Waals surface area contributed by atoms with Gasteiger partial charge in [0.1, 0.15) is 0 Å². The van der Waals surface area contributed by atoms with E-state index in [0.717, 1.165) is 46.5 Å². The minimum absolute atomic E-state index is 0.0156. The molecule has 1 N–H and O–H groups in total. The first-order valence-corrected chi connectivity index (χ1v) is 12.6. The Hall–Kier alpha value is -2.19. The zero-order valence-corrected chi connectivity index (χ0v) is 21.0. The monoisotopic (exact) mass is 517 g/mol. The van der Waals surface area contributed by atoms with E-state index in [1.54, 1.807) is 11.0 Å². The van der Waals surface area contributed by atoms with E-state index in [4.69, 9.17) is 0 Å². The summed E-state index contributed by atoms with van der Waals surface area (Å²) in [5.41, 5.74) is 2.00. The summed E-state index contributed by atoms with van der Waals surface area (Å²) in [4.78, 5) is 42.7. The van der Waals surface area contributed by atoms with Crippen molar-refractivity contribution in [3.63, 3.8) is 0 Å². The first-order valence-electron chi connectivity index (χ1n) is 11.0. The predicted octanol–water partition coefficient (Wildman–Crippen LogP) is 4.90. The van der Waals surface area contributed by atoms with E-state index in [2.05, 4.69) is 21.2 Å². The molecule has 2 aliphatic heterocycles. The van der Waals surface area contributed by atoms with Crippen molar-refractivity contribution in [1.29, 1.82) is 0 Å². The summed E-state index contributed by atoms with van der Waals surface area (Å²) in [6, 6.07) is 9.45. The zero-order valence-electron chi connectivity index (χ0n) is 18.6. The standard InChI is InChI=1S/C24H28BrN3O3S/c1-15-13-17(8-9-18(15)27-12-6-4-5-7-21(27)29)28-14-24(3,16(2)23(28)31)26-22(30)19-10-11-20(25)32-19/h8-11,13,16H,4-7,12,14H2,1-3H3,(H,26,30). The third kappa shape index (κ3) is 4.35. The highest BCUT2D eigenvalue weighted by Crippen LogP contribution is 2.35. The van der Waals surface area contributed by atoms with Gasteiger partial charge in [0, 0.05) is 30.9 Å². The smallest absolute Gasteiger partial charge is 0.261 e. The summed E-state index contributed by atoms with van der Waals surface area (Å²) >= 11 is 4.76. The van der Waals surface area contributed by atoms with Crippen molar-refractivity contribution in [3.8, 4) is 0 Å². The van der Waals surface area contributed by atoms with E-state index in [0.29, 0.717) is 17.8 Å². The van der Waals surface area contributed by atoms with Crippen LogP contribution < -0.4 is 15.1 Å². The molecular weight excluding hydrogens is 490 g/mol. The molecule has 32 heavy (non-hydrogen) atoms. The Balaban J connectivity index is 1.54. The molecule has 2 unspecified atom stereocenters. The van der Waals surface area contributed by atoms with Crippen LogP contribution in [0, 0.1) is 12.8 Å². The maximum Gasteiger partial charge on any atom is 0.261 e. The number of carbonyl (C=O) groups is 3. The molecule has 170 valence electrons. The number of nitrogens with one attached hydrogen (secondary N) is 1. The van der Waals surface area contributed by atoms with E-state index in [1.165, 1.54) is 11.3 Å². The average molecular weight is 518 g/mol. The van der Waals surface area contributed by atoms with Crippen molar-refractivity contribution in [2.45, 2.75) is 52.0 Å². The molecule has 1 aromatic carbocycles. The van der Waals surface area contributed by atoms with Gasteiger partial charge in [0.25, 0.3) is 5.91 Å². The lowest BCUT2D eigenvalue weighted by Crippen LogP contribution is -2.51. The average Bonchev–Trinajstić information content (AvgIpc) is 3.19. The minimum atomic E-state index is -0.683. The predicted molar refractivity (Wildman–Crippen MR) is 131 cm³/mol. The van der Waals surface area contributed by atoms with Gasteiger partial charge in [-0.3, -0.25) is 14.4 Å². The summed E-state index contributed by atoms with van der Waals surface area (Å²) in [5, 5.41) is 3.09. The first kappa shape index (κ1) is 23.0. The first-order chi connectivity index (χ1) is 15.2. The topological polar surface area (TPSA) is 69.7 Å². The van der Waals surface area contributed by atoms with Crippen LogP contribution in [-0.2, 0) is 9.59 Å². The molecule has 2 aromatic rings. The van der Waals surface area contributed by atoms with Crippen LogP contribution in [-0.4, -0.2) is 36.3 Å². The Kier molecular flexibility index (Phi) is 6.45. The van der Waals surface area contributed by atoms with Crippen LogP contribution in [0.1, 0.15) is 54.8 Å². The summed E-state index contributed by atoms with van der Waals surface area (Å²) in [6.45, 7) is 6.91. The van der Waals surface area contributed by atoms with Gasteiger partial charge in [-0.05, 0) is 78.5 Å². The van der Waals surface area contributed by atoms with E-state index < -0.39 is 5.54 Å². The van der Waals surface area contributed by atoms with Gasteiger partial charge in [0.05, 0.1) is 20.1 Å². The maximum atomic E-state index is 13.1. The quantitative estimate of drug-likeness (QED) is 0.626. The second-order valence-corrected chi connectivity index (χ2v) is 11.4. The Morgan fingerprint density at radius 1 is 1.16 bits per heavy atom. The molecule has 3 heterocycles. The molecule has 3 amide bonds. The second kappa shape index (κ2) is 8.98. The SMILES string of the molecule is Cc1cc(N2CC(C)(NC(=O)c3ccc(Br)s3)C(C)C2=O)ccc1N1CCCCCC1=O. The normalized spacial score (nSPS) is 24.1. The van der Waals surface area contributed by atoms with Crippen LogP contribution in [0.3, 0.4) is 0 Å². The lowest BCUT2D eigenvalue weighted by molar-refractivity contribution is -0.121. The van der Waals surface area contributed by atoms with Gasteiger partial charge < -0.3 is 15.1 Å². The number of halogens is 1. The van der Waals surface area contributed by atoms with Gasteiger partial charge >= 0.3 is 0 Å². The van der Waals surface area contributed by atoms with Gasteiger partial charge in [-0.15, -0.1) is 11.3 Å². The Morgan fingerprint density at radius 3 is 2.62 bits per heavy atom. The number of nitrogens with zero attached hydrogens (tertiary/aromatic N) is 2. The fraction of sp³-hybridized carbons (Fsp3) is 0.458. The maximum absolute atomic E-state index is 13.1. The molecule has 4 rings (SSSR count). The number of benzene rings is 1. The fourth-order valence-electron chi connectivity index (χ4n) is 4.52. The van der Waals surface area contributed by atoms with E-state index >= 15 is 0 Å². The lowest BCUT2D eigenvalue weighted by atomic mass is 9.90. The molecule has 1 aromatic heterocycles. The number of anilines is 2. The number of thiophene rings is 1. The molecule has 0 spiro atoms. The lowest BCUT2D eigenvalue weighted by Gasteiger charge is -2.28. The molecule has 2 aliphatic rings. The van der Waals surface area contributed by atoms with Crippen molar-refractivity contribution in [2.24, 2.45) is 5.92 Å². The third-order valence-corrected chi connectivity index (χ3v) is 8.25. The van der Waals surface area contributed by atoms with Gasteiger partial charge in [-0.1, -0.05) is 13.3 Å². The van der Waals surface area contributed by atoms with Crippen molar-refractivity contribution in [3.05, 3.63) is 44.6 Å². The van der Waals surface area contributed by atoms with E-state index in [9.17, 15) is 14.4 Å². The fourth-order valence-corrected chi connectivity index (χ4v) is 5.80. The van der Waals surface area contributed by atoms with Crippen molar-refractivity contribution in [1.82, 2.24) is 5.32 Å². The third-order valence-electron chi connectivity index (χ3n) is 6.63.